The van der Waals surface area contributed by atoms with Crippen molar-refractivity contribution in [3.8, 4) is 10.7 Å². The number of rotatable bonds is 4. The monoisotopic (exact) mass is 329 g/mol. The Balaban J connectivity index is 1.43. The van der Waals surface area contributed by atoms with E-state index in [4.69, 9.17) is 4.52 Å². The molecule has 3 heterocycles. The van der Waals surface area contributed by atoms with Gasteiger partial charge in [0.05, 0.1) is 11.4 Å². The first kappa shape index (κ1) is 14.1. The number of fused-ring (bicyclic) bond motifs is 1. The molecule has 8 heteroatoms. The van der Waals surface area contributed by atoms with E-state index < -0.39 is 0 Å². The standard InChI is InChI=1S/C15H15N5O2S/c21-15(13-9-4-1-2-5-10(9)18-19-13)16-8-12-17-14(20-22-12)11-6-3-7-23-11/h3,6-7H,1-2,4-5,8H2,(H,16,21)(H,18,19). The summed E-state index contributed by atoms with van der Waals surface area (Å²) >= 11 is 1.54. The Morgan fingerprint density at radius 3 is 3.17 bits per heavy atom. The topological polar surface area (TPSA) is 96.7 Å². The van der Waals surface area contributed by atoms with Crippen LogP contribution >= 0.6 is 11.3 Å². The molecule has 0 saturated carbocycles. The summed E-state index contributed by atoms with van der Waals surface area (Å²) in [6, 6.07) is 3.85. The largest absolute Gasteiger partial charge is 0.342 e. The molecule has 0 saturated heterocycles. The lowest BCUT2D eigenvalue weighted by Crippen LogP contribution is -2.24. The first-order valence-electron chi connectivity index (χ1n) is 7.52. The summed E-state index contributed by atoms with van der Waals surface area (Å²) < 4.78 is 5.17. The van der Waals surface area contributed by atoms with Crippen LogP contribution in [0.1, 0.15) is 40.5 Å². The minimum absolute atomic E-state index is 0.193. The number of aromatic nitrogens is 4. The van der Waals surface area contributed by atoms with Gasteiger partial charge in [0, 0.05) is 11.3 Å². The maximum absolute atomic E-state index is 12.3. The summed E-state index contributed by atoms with van der Waals surface area (Å²) in [6.45, 7) is 0.193. The number of carbonyl (C=O) groups excluding carboxylic acids is 1. The van der Waals surface area contributed by atoms with E-state index in [0.717, 1.165) is 41.8 Å². The fraction of sp³-hybridized carbons (Fsp3) is 0.333. The lowest BCUT2D eigenvalue weighted by molar-refractivity contribution is 0.0940. The molecule has 23 heavy (non-hydrogen) atoms. The number of aryl methyl sites for hydroxylation is 1. The Morgan fingerprint density at radius 1 is 1.39 bits per heavy atom. The molecule has 3 aromatic heterocycles. The van der Waals surface area contributed by atoms with Gasteiger partial charge in [0.15, 0.2) is 5.69 Å². The van der Waals surface area contributed by atoms with Crippen molar-refractivity contribution in [3.05, 3.63) is 40.4 Å². The summed E-state index contributed by atoms with van der Waals surface area (Å²) in [6.07, 6.45) is 4.10. The molecular weight excluding hydrogens is 314 g/mol. The van der Waals surface area contributed by atoms with E-state index in [-0.39, 0.29) is 12.5 Å². The van der Waals surface area contributed by atoms with Crippen molar-refractivity contribution in [1.29, 1.82) is 0 Å². The summed E-state index contributed by atoms with van der Waals surface area (Å²) in [5.74, 6) is 0.716. The molecule has 0 aromatic carbocycles. The Labute approximate surface area is 136 Å². The normalized spacial score (nSPS) is 13.7. The molecule has 2 N–H and O–H groups in total. The second-order valence-corrected chi connectivity index (χ2v) is 6.36. The van der Waals surface area contributed by atoms with Crippen molar-refractivity contribution in [2.45, 2.75) is 32.2 Å². The van der Waals surface area contributed by atoms with Crippen molar-refractivity contribution < 1.29 is 9.32 Å². The summed E-state index contributed by atoms with van der Waals surface area (Å²) in [7, 11) is 0. The predicted molar refractivity (Wildman–Crippen MR) is 84.0 cm³/mol. The van der Waals surface area contributed by atoms with Crippen LogP contribution < -0.4 is 5.32 Å². The average molecular weight is 329 g/mol. The van der Waals surface area contributed by atoms with Crippen LogP contribution in [0, 0.1) is 0 Å². The number of nitrogens with one attached hydrogen (secondary N) is 2. The molecule has 1 amide bonds. The maximum atomic E-state index is 12.3. The third kappa shape index (κ3) is 2.77. The minimum atomic E-state index is -0.208. The lowest BCUT2D eigenvalue weighted by atomic mass is 9.96. The van der Waals surface area contributed by atoms with Crippen LogP contribution in [0.15, 0.2) is 22.0 Å². The number of hydrogen-bond acceptors (Lipinski definition) is 6. The van der Waals surface area contributed by atoms with E-state index >= 15 is 0 Å². The summed E-state index contributed by atoms with van der Waals surface area (Å²) in [5, 5.41) is 15.8. The van der Waals surface area contributed by atoms with Crippen LogP contribution in [0.3, 0.4) is 0 Å². The van der Waals surface area contributed by atoms with Gasteiger partial charge in [-0.1, -0.05) is 11.2 Å². The van der Waals surface area contributed by atoms with Gasteiger partial charge in [0.1, 0.15) is 0 Å². The number of hydrogen-bond donors (Lipinski definition) is 2. The second-order valence-electron chi connectivity index (χ2n) is 5.41. The van der Waals surface area contributed by atoms with Crippen LogP contribution in [0.4, 0.5) is 0 Å². The number of carbonyl (C=O) groups is 1. The number of aromatic amines is 1. The molecule has 0 unspecified atom stereocenters. The number of nitrogens with zero attached hydrogens (tertiary/aromatic N) is 3. The van der Waals surface area contributed by atoms with Crippen molar-refractivity contribution in [2.75, 3.05) is 0 Å². The zero-order valence-electron chi connectivity index (χ0n) is 12.3. The van der Waals surface area contributed by atoms with E-state index in [0.29, 0.717) is 17.4 Å². The van der Waals surface area contributed by atoms with Crippen molar-refractivity contribution >= 4 is 17.2 Å². The van der Waals surface area contributed by atoms with Crippen molar-refractivity contribution in [1.82, 2.24) is 25.7 Å². The van der Waals surface area contributed by atoms with Gasteiger partial charge in [0.25, 0.3) is 5.91 Å². The van der Waals surface area contributed by atoms with Gasteiger partial charge in [-0.25, -0.2) is 0 Å². The van der Waals surface area contributed by atoms with E-state index in [1.807, 2.05) is 17.5 Å². The smallest absolute Gasteiger partial charge is 0.272 e. The van der Waals surface area contributed by atoms with Gasteiger partial charge in [-0.15, -0.1) is 11.3 Å². The molecule has 1 aliphatic carbocycles. The Hall–Kier alpha value is -2.48. The summed E-state index contributed by atoms with van der Waals surface area (Å²) in [4.78, 5) is 17.5. The molecule has 7 nitrogen and oxygen atoms in total. The molecule has 0 aliphatic heterocycles. The summed E-state index contributed by atoms with van der Waals surface area (Å²) in [5.41, 5.74) is 2.61. The van der Waals surface area contributed by atoms with Gasteiger partial charge >= 0.3 is 0 Å². The quantitative estimate of drug-likeness (QED) is 0.766. The first-order valence-corrected chi connectivity index (χ1v) is 8.40. The molecule has 0 atom stereocenters. The lowest BCUT2D eigenvalue weighted by Gasteiger charge is -2.10. The maximum Gasteiger partial charge on any atom is 0.272 e. The molecule has 0 spiro atoms. The number of thiophene rings is 1. The molecule has 0 fully saturated rings. The molecule has 4 rings (SSSR count). The van der Waals surface area contributed by atoms with E-state index in [1.165, 1.54) is 0 Å². The molecule has 1 aliphatic rings. The predicted octanol–water partition coefficient (Wildman–Crippen LogP) is 2.33. The van der Waals surface area contributed by atoms with Crippen LogP contribution in [0.5, 0.6) is 0 Å². The molecule has 0 radical (unpaired) electrons. The highest BCUT2D eigenvalue weighted by Gasteiger charge is 2.22. The van der Waals surface area contributed by atoms with Crippen LogP contribution in [0.2, 0.25) is 0 Å². The van der Waals surface area contributed by atoms with Crippen LogP contribution in [-0.4, -0.2) is 26.2 Å². The van der Waals surface area contributed by atoms with Gasteiger partial charge < -0.3 is 9.84 Å². The van der Waals surface area contributed by atoms with Gasteiger partial charge in [-0.05, 0) is 37.1 Å². The third-order valence-electron chi connectivity index (χ3n) is 3.88. The second kappa shape index (κ2) is 5.96. The van der Waals surface area contributed by atoms with Gasteiger partial charge in [-0.3, -0.25) is 9.89 Å². The first-order chi connectivity index (χ1) is 11.3. The SMILES string of the molecule is O=C(NCc1nc(-c2cccs2)no1)c1n[nH]c2c1CCCC2. The van der Waals surface area contributed by atoms with Crippen LogP contribution in [0.25, 0.3) is 10.7 Å². The van der Waals surface area contributed by atoms with Gasteiger partial charge in [-0.2, -0.15) is 10.1 Å². The molecule has 118 valence electrons. The Bertz CT molecular complexity index is 821. The highest BCUT2D eigenvalue weighted by atomic mass is 32.1. The highest BCUT2D eigenvalue weighted by Crippen LogP contribution is 2.23. The Morgan fingerprint density at radius 2 is 2.30 bits per heavy atom. The fourth-order valence-electron chi connectivity index (χ4n) is 2.74. The molecule has 0 bridgehead atoms. The van der Waals surface area contributed by atoms with E-state index in [9.17, 15) is 4.79 Å². The van der Waals surface area contributed by atoms with Crippen LogP contribution in [-0.2, 0) is 19.4 Å². The number of H-pyrrole nitrogens is 1. The number of amides is 1. The molecular formula is C15H15N5O2S. The Kier molecular flexibility index (Phi) is 3.66. The zero-order valence-corrected chi connectivity index (χ0v) is 13.2. The minimum Gasteiger partial charge on any atom is -0.342 e. The zero-order chi connectivity index (χ0) is 15.6. The fourth-order valence-corrected chi connectivity index (χ4v) is 3.39. The highest BCUT2D eigenvalue weighted by molar-refractivity contribution is 7.13. The van der Waals surface area contributed by atoms with Crippen molar-refractivity contribution in [3.63, 3.8) is 0 Å². The molecule has 3 aromatic rings. The van der Waals surface area contributed by atoms with Gasteiger partial charge in [0.2, 0.25) is 11.7 Å². The average Bonchev–Trinajstić information content (AvgIpc) is 3.31. The third-order valence-corrected chi connectivity index (χ3v) is 4.75. The van der Waals surface area contributed by atoms with E-state index in [1.54, 1.807) is 11.3 Å². The van der Waals surface area contributed by atoms with Crippen molar-refractivity contribution in [2.24, 2.45) is 0 Å². The van der Waals surface area contributed by atoms with E-state index in [2.05, 4.69) is 25.7 Å².